The highest BCUT2D eigenvalue weighted by atomic mass is 16.6. The maximum absolute atomic E-state index is 12.8. The van der Waals surface area contributed by atoms with Crippen molar-refractivity contribution in [1.82, 2.24) is 10.6 Å². The van der Waals surface area contributed by atoms with E-state index in [9.17, 15) is 24.6 Å². The van der Waals surface area contributed by atoms with E-state index in [1.54, 1.807) is 6.08 Å². The Hall–Kier alpha value is -1.77. The number of hydrogen-bond donors (Lipinski definition) is 4. The van der Waals surface area contributed by atoms with Gasteiger partial charge in [0, 0.05) is 6.08 Å². The molecule has 2 saturated carbocycles. The molecular formula is C24H38N2O6. The number of ketones is 1. The smallest absolute Gasteiger partial charge is 0.245 e. The lowest BCUT2D eigenvalue weighted by Crippen LogP contribution is -2.55. The minimum atomic E-state index is -1.24. The zero-order chi connectivity index (χ0) is 23.3. The number of rotatable bonds is 10. The summed E-state index contributed by atoms with van der Waals surface area (Å²) in [5.41, 5.74) is -0.140. The standard InChI is InChI=1S/C24H38N2O6/c1-15(2)9-19(22(30)24(13-28)14-32-24)26-23(31)20(12-27)25-21(29)11-16-7-8-17-5-3-4-6-18(17)10-16/h11,15,17-20,27-28H,3-10,12-14H2,1-2H3,(H,25,29)(H,26,31)/t17?,18?,19-,20-,24+/m0/s1. The Morgan fingerprint density at radius 3 is 2.38 bits per heavy atom. The van der Waals surface area contributed by atoms with E-state index in [0.29, 0.717) is 12.3 Å². The highest BCUT2D eigenvalue weighted by Gasteiger charge is 2.54. The first kappa shape index (κ1) is 24.9. The molecule has 5 atom stereocenters. The van der Waals surface area contributed by atoms with Crippen molar-refractivity contribution < 1.29 is 29.3 Å². The van der Waals surface area contributed by atoms with Gasteiger partial charge in [-0.15, -0.1) is 0 Å². The fourth-order valence-corrected chi connectivity index (χ4v) is 5.16. The number of epoxide rings is 1. The molecule has 2 unspecified atom stereocenters. The van der Waals surface area contributed by atoms with Gasteiger partial charge in [0.25, 0.3) is 0 Å². The molecule has 2 amide bonds. The first-order valence-corrected chi connectivity index (χ1v) is 12.0. The highest BCUT2D eigenvalue weighted by molar-refractivity contribution is 5.99. The molecule has 0 aromatic heterocycles. The first-order valence-electron chi connectivity index (χ1n) is 12.0. The van der Waals surface area contributed by atoms with Crippen LogP contribution in [0.3, 0.4) is 0 Å². The number of amides is 2. The molecule has 4 N–H and O–H groups in total. The minimum Gasteiger partial charge on any atom is -0.394 e. The number of Topliss-reactive ketones (excluding diaryl/α,β-unsaturated/α-hetero) is 1. The number of aliphatic hydroxyl groups is 2. The Morgan fingerprint density at radius 2 is 1.78 bits per heavy atom. The minimum absolute atomic E-state index is 0.112. The van der Waals surface area contributed by atoms with E-state index in [-0.39, 0.29) is 18.3 Å². The fourth-order valence-electron chi connectivity index (χ4n) is 5.16. The predicted molar refractivity (Wildman–Crippen MR) is 119 cm³/mol. The van der Waals surface area contributed by atoms with Gasteiger partial charge in [0.2, 0.25) is 11.8 Å². The Kier molecular flexibility index (Phi) is 8.47. The lowest BCUT2D eigenvalue weighted by molar-refractivity contribution is -0.134. The summed E-state index contributed by atoms with van der Waals surface area (Å²) >= 11 is 0. The van der Waals surface area contributed by atoms with E-state index in [4.69, 9.17) is 4.74 Å². The zero-order valence-corrected chi connectivity index (χ0v) is 19.3. The van der Waals surface area contributed by atoms with Crippen LogP contribution in [0.15, 0.2) is 11.6 Å². The number of allylic oxidation sites excluding steroid dienone is 1. The molecule has 3 aliphatic rings. The molecule has 0 spiro atoms. The second-order valence-electron chi connectivity index (χ2n) is 10.1. The Labute approximate surface area is 190 Å². The Balaban J connectivity index is 1.58. The van der Waals surface area contributed by atoms with Crippen LogP contribution in [0.2, 0.25) is 0 Å². The number of carbonyl (C=O) groups is 3. The molecule has 0 aromatic carbocycles. The molecule has 1 saturated heterocycles. The van der Waals surface area contributed by atoms with Gasteiger partial charge < -0.3 is 25.6 Å². The summed E-state index contributed by atoms with van der Waals surface area (Å²) in [7, 11) is 0. The number of fused-ring (bicyclic) bond motifs is 1. The maximum Gasteiger partial charge on any atom is 0.245 e. The van der Waals surface area contributed by atoms with E-state index in [0.717, 1.165) is 30.8 Å². The average Bonchev–Trinajstić information content (AvgIpc) is 3.57. The number of hydrogen-bond acceptors (Lipinski definition) is 6. The summed E-state index contributed by atoms with van der Waals surface area (Å²) < 4.78 is 5.15. The lowest BCUT2D eigenvalue weighted by Gasteiger charge is -2.36. The molecule has 32 heavy (non-hydrogen) atoms. The van der Waals surface area contributed by atoms with Crippen molar-refractivity contribution in [1.29, 1.82) is 0 Å². The van der Waals surface area contributed by atoms with Crippen LogP contribution in [0, 0.1) is 17.8 Å². The van der Waals surface area contributed by atoms with Gasteiger partial charge in [-0.05, 0) is 49.9 Å². The summed E-state index contributed by atoms with van der Waals surface area (Å²) in [6.45, 7) is 2.96. The summed E-state index contributed by atoms with van der Waals surface area (Å²) in [6, 6.07) is -2.01. The number of carbonyl (C=O) groups excluding carboxylic acids is 3. The first-order chi connectivity index (χ1) is 15.3. The van der Waals surface area contributed by atoms with Crippen molar-refractivity contribution in [2.75, 3.05) is 19.8 Å². The monoisotopic (exact) mass is 450 g/mol. The molecule has 3 rings (SSSR count). The van der Waals surface area contributed by atoms with Crippen LogP contribution in [-0.2, 0) is 19.1 Å². The van der Waals surface area contributed by atoms with Crippen molar-refractivity contribution in [2.24, 2.45) is 17.8 Å². The van der Waals surface area contributed by atoms with Crippen LogP contribution in [-0.4, -0.2) is 65.3 Å². The molecule has 2 aliphatic carbocycles. The van der Waals surface area contributed by atoms with Gasteiger partial charge in [-0.3, -0.25) is 14.4 Å². The third kappa shape index (κ3) is 6.17. The summed E-state index contributed by atoms with van der Waals surface area (Å²) in [6.07, 6.45) is 9.96. The average molecular weight is 451 g/mol. The number of nitrogens with one attached hydrogen (secondary N) is 2. The Bertz CT molecular complexity index is 730. The molecule has 8 nitrogen and oxygen atoms in total. The third-order valence-electron chi connectivity index (χ3n) is 7.12. The number of aliphatic hydroxyl groups excluding tert-OH is 2. The van der Waals surface area contributed by atoms with Gasteiger partial charge in [-0.25, -0.2) is 0 Å². The van der Waals surface area contributed by atoms with E-state index in [1.807, 2.05) is 13.8 Å². The normalized spacial score (nSPS) is 30.3. The van der Waals surface area contributed by atoms with Crippen LogP contribution < -0.4 is 10.6 Å². The van der Waals surface area contributed by atoms with Crippen molar-refractivity contribution in [3.8, 4) is 0 Å². The molecule has 180 valence electrons. The van der Waals surface area contributed by atoms with Crippen LogP contribution in [0.1, 0.15) is 65.2 Å². The van der Waals surface area contributed by atoms with E-state index >= 15 is 0 Å². The molecule has 0 radical (unpaired) electrons. The van der Waals surface area contributed by atoms with Gasteiger partial charge >= 0.3 is 0 Å². The van der Waals surface area contributed by atoms with Gasteiger partial charge in [0.15, 0.2) is 11.4 Å². The molecule has 1 aliphatic heterocycles. The van der Waals surface area contributed by atoms with Crippen LogP contribution in [0.4, 0.5) is 0 Å². The SMILES string of the molecule is CC(C)C[C@H](NC(=O)[C@H](CO)NC(=O)C=C1CCC2CCCCC2C1)C(=O)[C@@]1(CO)CO1. The van der Waals surface area contributed by atoms with Crippen molar-refractivity contribution >= 4 is 17.6 Å². The summed E-state index contributed by atoms with van der Waals surface area (Å²) in [5, 5.41) is 24.4. The summed E-state index contributed by atoms with van der Waals surface area (Å²) in [5.74, 6) is 0.139. The van der Waals surface area contributed by atoms with E-state index in [2.05, 4.69) is 10.6 Å². The van der Waals surface area contributed by atoms with E-state index < -0.39 is 42.7 Å². The molecular weight excluding hydrogens is 412 g/mol. The maximum atomic E-state index is 12.8. The van der Waals surface area contributed by atoms with Crippen molar-refractivity contribution in [3.05, 3.63) is 11.6 Å². The third-order valence-corrected chi connectivity index (χ3v) is 7.12. The predicted octanol–water partition coefficient (Wildman–Crippen LogP) is 1.24. The Morgan fingerprint density at radius 1 is 1.09 bits per heavy atom. The van der Waals surface area contributed by atoms with Gasteiger partial charge in [-0.2, -0.15) is 0 Å². The summed E-state index contributed by atoms with van der Waals surface area (Å²) in [4.78, 5) is 38.1. The molecule has 1 heterocycles. The van der Waals surface area contributed by atoms with Crippen LogP contribution in [0.5, 0.6) is 0 Å². The molecule has 0 aromatic rings. The zero-order valence-electron chi connectivity index (χ0n) is 19.3. The molecule has 0 bridgehead atoms. The lowest BCUT2D eigenvalue weighted by atomic mass is 9.69. The van der Waals surface area contributed by atoms with Crippen LogP contribution >= 0.6 is 0 Å². The molecule has 8 heteroatoms. The fraction of sp³-hybridized carbons (Fsp3) is 0.792. The topological polar surface area (TPSA) is 128 Å². The van der Waals surface area contributed by atoms with Crippen molar-refractivity contribution in [2.45, 2.75) is 82.9 Å². The second kappa shape index (κ2) is 10.9. The van der Waals surface area contributed by atoms with Crippen LogP contribution in [0.25, 0.3) is 0 Å². The van der Waals surface area contributed by atoms with E-state index in [1.165, 1.54) is 25.7 Å². The van der Waals surface area contributed by atoms with Gasteiger partial charge in [-0.1, -0.05) is 38.7 Å². The quantitative estimate of drug-likeness (QED) is 0.293. The van der Waals surface area contributed by atoms with Gasteiger partial charge in [0.05, 0.1) is 25.9 Å². The second-order valence-corrected chi connectivity index (χ2v) is 10.1. The largest absolute Gasteiger partial charge is 0.394 e. The molecule has 3 fully saturated rings. The number of ether oxygens (including phenoxy) is 1. The highest BCUT2D eigenvalue weighted by Crippen LogP contribution is 2.42. The van der Waals surface area contributed by atoms with Gasteiger partial charge in [0.1, 0.15) is 6.04 Å². The van der Waals surface area contributed by atoms with Crippen molar-refractivity contribution in [3.63, 3.8) is 0 Å².